The van der Waals surface area contributed by atoms with Gasteiger partial charge in [-0.05, 0) is 41.0 Å². The second kappa shape index (κ2) is 7.52. The van der Waals surface area contributed by atoms with Gasteiger partial charge < -0.3 is 14.7 Å². The Kier molecular flexibility index (Phi) is 4.80. The molecule has 1 fully saturated rings. The SMILES string of the molecule is O=C1O[C@]2(CCN(C(=O)c3ccc(-c4cccc(CO)c4)cc3Cl)C2)c2ccccc21. The highest BCUT2D eigenvalue weighted by atomic mass is 35.5. The third kappa shape index (κ3) is 3.30. The van der Waals surface area contributed by atoms with Crippen molar-refractivity contribution in [2.75, 3.05) is 13.1 Å². The molecule has 2 heterocycles. The van der Waals surface area contributed by atoms with Gasteiger partial charge in [-0.25, -0.2) is 4.79 Å². The van der Waals surface area contributed by atoms with E-state index >= 15 is 0 Å². The summed E-state index contributed by atoms with van der Waals surface area (Å²) >= 11 is 6.50. The molecule has 0 aromatic heterocycles. The van der Waals surface area contributed by atoms with Gasteiger partial charge in [0.05, 0.1) is 29.3 Å². The maximum atomic E-state index is 13.2. The van der Waals surface area contributed by atoms with Crippen LogP contribution in [0.2, 0.25) is 5.02 Å². The number of hydrogen-bond donors (Lipinski definition) is 1. The number of carbonyl (C=O) groups excluding carboxylic acids is 2. The van der Waals surface area contributed by atoms with E-state index in [1.165, 1.54) is 0 Å². The Morgan fingerprint density at radius 1 is 1.06 bits per heavy atom. The molecule has 2 aliphatic heterocycles. The summed E-state index contributed by atoms with van der Waals surface area (Å²) in [6.45, 7) is 0.755. The fraction of sp³-hybridized carbons (Fsp3) is 0.200. The highest BCUT2D eigenvalue weighted by Crippen LogP contribution is 2.43. The molecule has 6 heteroatoms. The molecule has 0 saturated carbocycles. The second-order valence-electron chi connectivity index (χ2n) is 7.96. The predicted molar refractivity (Wildman–Crippen MR) is 117 cm³/mol. The van der Waals surface area contributed by atoms with Crippen LogP contribution >= 0.6 is 11.6 Å². The molecule has 1 atom stereocenters. The van der Waals surface area contributed by atoms with Gasteiger partial charge in [-0.1, -0.05) is 54.1 Å². The highest BCUT2D eigenvalue weighted by molar-refractivity contribution is 6.34. The molecule has 5 nitrogen and oxygen atoms in total. The predicted octanol–water partition coefficient (Wildman–Crippen LogP) is 4.41. The molecule has 3 aromatic rings. The van der Waals surface area contributed by atoms with Gasteiger partial charge in [0, 0.05) is 18.5 Å². The number of nitrogens with zero attached hydrogens (tertiary/aromatic N) is 1. The molecule has 1 N–H and O–H groups in total. The molecule has 2 aliphatic rings. The van der Waals surface area contributed by atoms with Crippen LogP contribution in [0.5, 0.6) is 0 Å². The Bertz CT molecular complexity index is 1210. The normalized spacial score (nSPS) is 19.5. The van der Waals surface area contributed by atoms with Crippen LogP contribution in [0.1, 0.15) is 38.3 Å². The Labute approximate surface area is 184 Å². The van der Waals surface area contributed by atoms with Crippen molar-refractivity contribution in [1.82, 2.24) is 4.90 Å². The number of aliphatic hydroxyl groups excluding tert-OH is 1. The molecule has 1 saturated heterocycles. The van der Waals surface area contributed by atoms with Crippen LogP contribution in [0.3, 0.4) is 0 Å². The van der Waals surface area contributed by atoms with Gasteiger partial charge in [-0.2, -0.15) is 0 Å². The first-order chi connectivity index (χ1) is 15.0. The molecule has 1 amide bonds. The van der Waals surface area contributed by atoms with E-state index in [4.69, 9.17) is 16.3 Å². The van der Waals surface area contributed by atoms with Crippen LogP contribution in [-0.2, 0) is 16.9 Å². The quantitative estimate of drug-likeness (QED) is 0.621. The van der Waals surface area contributed by atoms with Crippen molar-refractivity contribution in [3.8, 4) is 11.1 Å². The van der Waals surface area contributed by atoms with Crippen molar-refractivity contribution >= 4 is 23.5 Å². The lowest BCUT2D eigenvalue weighted by atomic mass is 9.91. The second-order valence-corrected chi connectivity index (χ2v) is 8.37. The number of fused-ring (bicyclic) bond motifs is 2. The summed E-state index contributed by atoms with van der Waals surface area (Å²) in [6.07, 6.45) is 0.561. The summed E-state index contributed by atoms with van der Waals surface area (Å²) in [4.78, 5) is 27.2. The minimum absolute atomic E-state index is 0.0391. The van der Waals surface area contributed by atoms with Gasteiger partial charge in [0.1, 0.15) is 0 Å². The number of ether oxygens (including phenoxy) is 1. The first kappa shape index (κ1) is 19.8. The van der Waals surface area contributed by atoms with Crippen molar-refractivity contribution in [2.45, 2.75) is 18.6 Å². The number of carbonyl (C=O) groups is 2. The van der Waals surface area contributed by atoms with Crippen LogP contribution in [0.15, 0.2) is 66.7 Å². The van der Waals surface area contributed by atoms with E-state index in [1.54, 1.807) is 23.1 Å². The maximum Gasteiger partial charge on any atom is 0.339 e. The van der Waals surface area contributed by atoms with Gasteiger partial charge in [-0.3, -0.25) is 4.79 Å². The number of rotatable bonds is 3. The van der Waals surface area contributed by atoms with E-state index in [-0.39, 0.29) is 18.5 Å². The van der Waals surface area contributed by atoms with Crippen LogP contribution in [0, 0.1) is 0 Å². The summed E-state index contributed by atoms with van der Waals surface area (Å²) < 4.78 is 5.74. The average molecular weight is 434 g/mol. The number of hydrogen-bond acceptors (Lipinski definition) is 4. The molecular weight excluding hydrogens is 414 g/mol. The number of likely N-dealkylation sites (tertiary alicyclic amines) is 1. The van der Waals surface area contributed by atoms with Crippen LogP contribution in [0.4, 0.5) is 0 Å². The molecule has 0 radical (unpaired) electrons. The van der Waals surface area contributed by atoms with Gasteiger partial charge >= 0.3 is 5.97 Å². The van der Waals surface area contributed by atoms with Crippen molar-refractivity contribution in [3.05, 3.63) is 94.0 Å². The lowest BCUT2D eigenvalue weighted by molar-refractivity contribution is -0.00306. The lowest BCUT2D eigenvalue weighted by Gasteiger charge is -2.24. The van der Waals surface area contributed by atoms with E-state index < -0.39 is 5.60 Å². The molecule has 0 unspecified atom stereocenters. The zero-order valence-corrected chi connectivity index (χ0v) is 17.4. The standard InChI is InChI=1S/C25H20ClNO4/c26-22-13-18(17-5-3-4-16(12-17)14-28)8-9-20(22)23(29)27-11-10-25(15-27)21-7-2-1-6-19(21)24(30)31-25/h1-9,12-13,28H,10-11,14-15H2/t25-/m0/s1. The lowest BCUT2D eigenvalue weighted by Crippen LogP contribution is -2.34. The van der Waals surface area contributed by atoms with Crippen molar-refractivity contribution in [2.24, 2.45) is 0 Å². The number of aliphatic hydroxyl groups is 1. The maximum absolute atomic E-state index is 13.2. The summed E-state index contributed by atoms with van der Waals surface area (Å²) in [5.41, 5.74) is 3.65. The minimum atomic E-state index is -0.777. The number of amides is 1. The van der Waals surface area contributed by atoms with E-state index in [1.807, 2.05) is 48.5 Å². The average Bonchev–Trinajstić information content (AvgIpc) is 3.35. The number of halogens is 1. The molecule has 0 aliphatic carbocycles. The number of benzene rings is 3. The molecule has 156 valence electrons. The zero-order valence-electron chi connectivity index (χ0n) is 16.7. The van der Waals surface area contributed by atoms with Crippen LogP contribution in [-0.4, -0.2) is 35.0 Å². The highest BCUT2D eigenvalue weighted by Gasteiger charge is 2.51. The van der Waals surface area contributed by atoms with Gasteiger partial charge in [0.25, 0.3) is 5.91 Å². The first-order valence-electron chi connectivity index (χ1n) is 10.1. The smallest absolute Gasteiger partial charge is 0.339 e. The van der Waals surface area contributed by atoms with Crippen LogP contribution in [0.25, 0.3) is 11.1 Å². The van der Waals surface area contributed by atoms with Crippen molar-refractivity contribution in [3.63, 3.8) is 0 Å². The molecule has 31 heavy (non-hydrogen) atoms. The Hall–Kier alpha value is -3.15. The zero-order chi connectivity index (χ0) is 21.6. The monoisotopic (exact) mass is 433 g/mol. The minimum Gasteiger partial charge on any atom is -0.449 e. The molecule has 5 rings (SSSR count). The Balaban J connectivity index is 1.40. The summed E-state index contributed by atoms with van der Waals surface area (Å²) in [6, 6.07) is 20.3. The topological polar surface area (TPSA) is 66.8 Å². The summed E-state index contributed by atoms with van der Waals surface area (Å²) in [5, 5.41) is 9.72. The summed E-state index contributed by atoms with van der Waals surface area (Å²) in [7, 11) is 0. The Morgan fingerprint density at radius 3 is 2.68 bits per heavy atom. The van der Waals surface area contributed by atoms with Gasteiger partial charge in [-0.15, -0.1) is 0 Å². The first-order valence-corrected chi connectivity index (χ1v) is 10.5. The van der Waals surface area contributed by atoms with E-state index in [2.05, 4.69) is 0 Å². The van der Waals surface area contributed by atoms with E-state index in [0.29, 0.717) is 35.7 Å². The van der Waals surface area contributed by atoms with E-state index in [0.717, 1.165) is 22.3 Å². The van der Waals surface area contributed by atoms with Crippen molar-refractivity contribution < 1.29 is 19.4 Å². The molecule has 0 bridgehead atoms. The summed E-state index contributed by atoms with van der Waals surface area (Å²) in [5.74, 6) is -0.518. The molecule has 3 aromatic carbocycles. The van der Waals surface area contributed by atoms with Crippen LogP contribution < -0.4 is 0 Å². The Morgan fingerprint density at radius 2 is 1.87 bits per heavy atom. The fourth-order valence-corrected chi connectivity index (χ4v) is 4.75. The fourth-order valence-electron chi connectivity index (χ4n) is 4.49. The van der Waals surface area contributed by atoms with Gasteiger partial charge in [0.2, 0.25) is 0 Å². The largest absolute Gasteiger partial charge is 0.449 e. The van der Waals surface area contributed by atoms with E-state index in [9.17, 15) is 14.7 Å². The third-order valence-corrected chi connectivity index (χ3v) is 6.40. The molecule has 1 spiro atoms. The van der Waals surface area contributed by atoms with Gasteiger partial charge in [0.15, 0.2) is 5.60 Å². The number of esters is 1. The molecular formula is C25H20ClNO4. The van der Waals surface area contributed by atoms with Crippen molar-refractivity contribution in [1.29, 1.82) is 0 Å². The third-order valence-electron chi connectivity index (χ3n) is 6.09.